The SMILES string of the molecule is CC(N)=NCCc1cc([76Br])cc([76Br])c1O. The van der Waals surface area contributed by atoms with Gasteiger partial charge in [-0.2, -0.15) is 0 Å². The van der Waals surface area contributed by atoms with E-state index in [2.05, 4.69) is 36.9 Å². The summed E-state index contributed by atoms with van der Waals surface area (Å²) in [4.78, 5) is 4.07. The topological polar surface area (TPSA) is 58.6 Å². The van der Waals surface area contributed by atoms with Crippen LogP contribution >= 0.6 is 31.9 Å². The van der Waals surface area contributed by atoms with Gasteiger partial charge in [0.05, 0.1) is 10.3 Å². The van der Waals surface area contributed by atoms with Gasteiger partial charge in [-0.25, -0.2) is 0 Å². The predicted octanol–water partition coefficient (Wildman–Crippen LogP) is 2.84. The summed E-state index contributed by atoms with van der Waals surface area (Å²) in [7, 11) is 0. The molecule has 1 aromatic rings. The molecule has 0 unspecified atom stereocenters. The number of phenols is 1. The maximum absolute atomic E-state index is 9.74. The summed E-state index contributed by atoms with van der Waals surface area (Å²) >= 11 is 6.64. The van der Waals surface area contributed by atoms with Crippen LogP contribution in [0.4, 0.5) is 0 Å². The van der Waals surface area contributed by atoms with Crippen molar-refractivity contribution in [2.45, 2.75) is 13.3 Å². The molecule has 0 heterocycles. The molecule has 0 atom stereocenters. The number of nitrogens with two attached hydrogens (primary N) is 1. The lowest BCUT2D eigenvalue weighted by Crippen LogP contribution is -2.06. The van der Waals surface area contributed by atoms with Gasteiger partial charge in [0.15, 0.2) is 0 Å². The summed E-state index contributed by atoms with van der Waals surface area (Å²) < 4.78 is 1.61. The molecule has 0 bridgehead atoms. The lowest BCUT2D eigenvalue weighted by Gasteiger charge is -2.06. The first-order valence-electron chi connectivity index (χ1n) is 4.44. The minimum absolute atomic E-state index is 0.267. The Morgan fingerprint density at radius 1 is 1.47 bits per heavy atom. The van der Waals surface area contributed by atoms with Gasteiger partial charge in [-0.05, 0) is 47.0 Å². The van der Waals surface area contributed by atoms with E-state index in [1.165, 1.54) is 0 Å². The van der Waals surface area contributed by atoms with Crippen LogP contribution in [0.1, 0.15) is 12.5 Å². The number of benzene rings is 1. The molecule has 0 radical (unpaired) electrons. The highest BCUT2D eigenvalue weighted by Gasteiger charge is 2.06. The van der Waals surface area contributed by atoms with Crippen LogP contribution < -0.4 is 5.73 Å². The number of halogens is 2. The molecule has 5 heteroatoms. The highest BCUT2D eigenvalue weighted by atomic mass is 75.9. The van der Waals surface area contributed by atoms with Crippen LogP contribution in [-0.4, -0.2) is 17.5 Å². The molecule has 0 spiro atoms. The van der Waals surface area contributed by atoms with Crippen molar-refractivity contribution in [1.29, 1.82) is 0 Å². The van der Waals surface area contributed by atoms with Gasteiger partial charge in [-0.15, -0.1) is 0 Å². The second-order valence-corrected chi connectivity index (χ2v) is 4.94. The average molecular weight is 328 g/mol. The van der Waals surface area contributed by atoms with Crippen LogP contribution in [0.3, 0.4) is 0 Å². The second kappa shape index (κ2) is 5.51. The third-order valence-corrected chi connectivity index (χ3v) is 2.91. The molecule has 3 N–H and O–H groups in total. The number of amidine groups is 1. The molecule has 0 aliphatic carbocycles. The Balaban J connectivity index is 2.81. The standard InChI is InChI=1S/C10H12Br2N2O/c1-6(13)14-3-2-7-4-8(11)5-9(12)10(7)15/h4-5,15H,2-3H2,1H3,(H2,13,14)/i11-4,12-4. The number of nitrogens with zero attached hydrogens (tertiary/aromatic N) is 1. The minimum atomic E-state index is 0.267. The number of phenolic OH excluding ortho intramolecular Hbond substituents is 1. The molecule has 1 rings (SSSR count). The zero-order valence-corrected chi connectivity index (χ0v) is 11.5. The van der Waals surface area contributed by atoms with Crippen LogP contribution in [0, 0.1) is 0 Å². The van der Waals surface area contributed by atoms with Crippen molar-refractivity contribution < 1.29 is 5.11 Å². The molecule has 0 amide bonds. The number of aliphatic imine (C=N–C) groups is 1. The summed E-state index contributed by atoms with van der Waals surface area (Å²) in [6.07, 6.45) is 0.665. The molecular formula is C10H12Br2N2O. The summed E-state index contributed by atoms with van der Waals surface area (Å²) in [6.45, 7) is 2.33. The van der Waals surface area contributed by atoms with E-state index in [0.29, 0.717) is 23.3 Å². The average Bonchev–Trinajstić information content (AvgIpc) is 2.12. The van der Waals surface area contributed by atoms with Crippen LogP contribution in [0.15, 0.2) is 26.1 Å². The molecular weight excluding hydrogens is 316 g/mol. The fourth-order valence-corrected chi connectivity index (χ4v) is 2.48. The quantitative estimate of drug-likeness (QED) is 0.662. The van der Waals surface area contributed by atoms with E-state index in [-0.39, 0.29) is 5.75 Å². The lowest BCUT2D eigenvalue weighted by molar-refractivity contribution is 0.464. The van der Waals surface area contributed by atoms with Gasteiger partial charge in [-0.1, -0.05) is 15.9 Å². The van der Waals surface area contributed by atoms with Gasteiger partial charge < -0.3 is 10.8 Å². The summed E-state index contributed by atoms with van der Waals surface area (Å²) in [5.74, 6) is 0.826. The Hall–Kier alpha value is -0.550. The van der Waals surface area contributed by atoms with Crippen LogP contribution in [0.2, 0.25) is 0 Å². The molecule has 3 nitrogen and oxygen atoms in total. The molecule has 0 saturated carbocycles. The zero-order chi connectivity index (χ0) is 11.4. The zero-order valence-electron chi connectivity index (χ0n) is 8.30. The summed E-state index contributed by atoms with van der Waals surface area (Å²) in [6, 6.07) is 3.68. The third kappa shape index (κ3) is 3.83. The van der Waals surface area contributed by atoms with E-state index in [1.54, 1.807) is 13.0 Å². The highest BCUT2D eigenvalue weighted by molar-refractivity contribution is 9.11. The van der Waals surface area contributed by atoms with Gasteiger partial charge in [-0.3, -0.25) is 4.99 Å². The van der Waals surface area contributed by atoms with Crippen molar-refractivity contribution >= 4 is 37.7 Å². The van der Waals surface area contributed by atoms with Gasteiger partial charge in [0, 0.05) is 11.0 Å². The van der Waals surface area contributed by atoms with E-state index in [0.717, 1.165) is 10.0 Å². The van der Waals surface area contributed by atoms with E-state index < -0.39 is 0 Å². The maximum Gasteiger partial charge on any atom is 0.133 e. The molecule has 82 valence electrons. The fourth-order valence-electron chi connectivity index (χ4n) is 1.16. The Kier molecular flexibility index (Phi) is 4.60. The van der Waals surface area contributed by atoms with Crippen molar-refractivity contribution in [2.75, 3.05) is 6.54 Å². The van der Waals surface area contributed by atoms with E-state index >= 15 is 0 Å². The van der Waals surface area contributed by atoms with E-state index in [1.807, 2.05) is 6.07 Å². The lowest BCUT2D eigenvalue weighted by atomic mass is 10.1. The first-order valence-corrected chi connectivity index (χ1v) is 6.02. The molecule has 0 saturated heterocycles. The maximum atomic E-state index is 9.74. The Bertz CT molecular complexity index is 387. The van der Waals surface area contributed by atoms with E-state index in [4.69, 9.17) is 5.73 Å². The van der Waals surface area contributed by atoms with Crippen molar-refractivity contribution in [1.82, 2.24) is 0 Å². The summed E-state index contributed by atoms with van der Waals surface area (Å²) in [5, 5.41) is 9.74. The number of rotatable bonds is 3. The monoisotopic (exact) mass is 328 g/mol. The van der Waals surface area contributed by atoms with Crippen LogP contribution in [0.25, 0.3) is 0 Å². The smallest absolute Gasteiger partial charge is 0.133 e. The minimum Gasteiger partial charge on any atom is -0.506 e. The van der Waals surface area contributed by atoms with Gasteiger partial charge in [0.25, 0.3) is 0 Å². The van der Waals surface area contributed by atoms with Crippen LogP contribution in [-0.2, 0) is 6.42 Å². The molecule has 15 heavy (non-hydrogen) atoms. The number of hydrogen-bond acceptors (Lipinski definition) is 2. The van der Waals surface area contributed by atoms with Crippen molar-refractivity contribution in [2.24, 2.45) is 10.7 Å². The van der Waals surface area contributed by atoms with Gasteiger partial charge in [0.2, 0.25) is 0 Å². The fraction of sp³-hybridized carbons (Fsp3) is 0.300. The third-order valence-electron chi connectivity index (χ3n) is 1.85. The Morgan fingerprint density at radius 2 is 2.13 bits per heavy atom. The highest BCUT2D eigenvalue weighted by Crippen LogP contribution is 2.31. The molecule has 0 aliphatic heterocycles. The Morgan fingerprint density at radius 3 is 2.73 bits per heavy atom. The number of hydrogen-bond donors (Lipinski definition) is 2. The predicted molar refractivity (Wildman–Crippen MR) is 69.4 cm³/mol. The molecule has 1 aromatic carbocycles. The molecule has 0 aromatic heterocycles. The van der Waals surface area contributed by atoms with Crippen molar-refractivity contribution in [3.63, 3.8) is 0 Å². The summed E-state index contributed by atoms with van der Waals surface area (Å²) in [5.41, 5.74) is 6.27. The first-order chi connectivity index (χ1) is 7.00. The normalized spacial score (nSPS) is 11.8. The van der Waals surface area contributed by atoms with Crippen molar-refractivity contribution in [3.8, 4) is 5.75 Å². The van der Waals surface area contributed by atoms with E-state index in [9.17, 15) is 5.11 Å². The van der Waals surface area contributed by atoms with Crippen LogP contribution in [0.5, 0.6) is 5.75 Å². The van der Waals surface area contributed by atoms with Gasteiger partial charge in [0.1, 0.15) is 5.75 Å². The Labute approximate surface area is 106 Å². The number of aromatic hydroxyl groups is 1. The molecule has 0 fully saturated rings. The largest absolute Gasteiger partial charge is 0.506 e. The first kappa shape index (κ1) is 12.5. The van der Waals surface area contributed by atoms with Gasteiger partial charge >= 0.3 is 0 Å². The molecule has 0 aliphatic rings. The second-order valence-electron chi connectivity index (χ2n) is 3.17. The van der Waals surface area contributed by atoms with Crippen molar-refractivity contribution in [3.05, 3.63) is 26.6 Å².